The van der Waals surface area contributed by atoms with Crippen LogP contribution >= 0.6 is 15.9 Å². The molecule has 1 N–H and O–H groups in total. The summed E-state index contributed by atoms with van der Waals surface area (Å²) in [5.41, 5.74) is 1.52. The summed E-state index contributed by atoms with van der Waals surface area (Å²) in [5.74, 6) is -0.887. The van der Waals surface area contributed by atoms with Gasteiger partial charge in [-0.1, -0.05) is 25.8 Å². The van der Waals surface area contributed by atoms with Crippen LogP contribution in [0.2, 0.25) is 0 Å². The predicted molar refractivity (Wildman–Crippen MR) is 64.3 cm³/mol. The second-order valence-corrected chi connectivity index (χ2v) is 4.43. The summed E-state index contributed by atoms with van der Waals surface area (Å²) in [4.78, 5) is 10.8. The van der Waals surface area contributed by atoms with E-state index in [-0.39, 0.29) is 0 Å². The van der Waals surface area contributed by atoms with Crippen LogP contribution < -0.4 is 0 Å². The fourth-order valence-corrected chi connectivity index (χ4v) is 2.06. The standard InChI is InChI=1S/C12H15BrO2/c1-2-3-4-5-9-6-7-10(12(14)15)11(13)8-9/h6-8H,2-5H2,1H3,(H,14,15). The molecule has 0 bridgehead atoms. The zero-order valence-corrected chi connectivity index (χ0v) is 10.4. The highest BCUT2D eigenvalue weighted by atomic mass is 79.9. The van der Waals surface area contributed by atoms with E-state index in [1.165, 1.54) is 18.4 Å². The summed E-state index contributed by atoms with van der Waals surface area (Å²) in [7, 11) is 0. The molecule has 0 radical (unpaired) electrons. The van der Waals surface area contributed by atoms with Crippen LogP contribution in [-0.4, -0.2) is 11.1 Å². The van der Waals surface area contributed by atoms with Crippen molar-refractivity contribution in [2.75, 3.05) is 0 Å². The summed E-state index contributed by atoms with van der Waals surface area (Å²) in [6, 6.07) is 5.46. The number of aryl methyl sites for hydroxylation is 1. The first kappa shape index (κ1) is 12.2. The average Bonchev–Trinajstić information content (AvgIpc) is 2.17. The molecule has 3 heteroatoms. The molecule has 0 aliphatic rings. The van der Waals surface area contributed by atoms with E-state index >= 15 is 0 Å². The Kier molecular flexibility index (Phi) is 4.82. The van der Waals surface area contributed by atoms with E-state index in [1.807, 2.05) is 12.1 Å². The number of carbonyl (C=O) groups is 1. The largest absolute Gasteiger partial charge is 0.478 e. The maximum absolute atomic E-state index is 10.8. The Morgan fingerprint density at radius 2 is 2.13 bits per heavy atom. The molecule has 0 fully saturated rings. The molecule has 0 atom stereocenters. The monoisotopic (exact) mass is 270 g/mol. The minimum atomic E-state index is -0.887. The number of carboxylic acids is 1. The highest BCUT2D eigenvalue weighted by Crippen LogP contribution is 2.19. The van der Waals surface area contributed by atoms with Crippen LogP contribution in [0.15, 0.2) is 22.7 Å². The van der Waals surface area contributed by atoms with E-state index in [0.29, 0.717) is 10.0 Å². The van der Waals surface area contributed by atoms with E-state index in [0.717, 1.165) is 12.8 Å². The lowest BCUT2D eigenvalue weighted by atomic mass is 10.1. The summed E-state index contributed by atoms with van der Waals surface area (Å²) in [5, 5.41) is 8.84. The molecule has 1 aromatic rings. The Labute approximate surface area is 98.4 Å². The van der Waals surface area contributed by atoms with Gasteiger partial charge in [-0.15, -0.1) is 0 Å². The van der Waals surface area contributed by atoms with Crippen LogP contribution in [0, 0.1) is 0 Å². The second kappa shape index (κ2) is 5.91. The van der Waals surface area contributed by atoms with Crippen molar-refractivity contribution in [2.24, 2.45) is 0 Å². The molecule has 0 unspecified atom stereocenters. The number of rotatable bonds is 5. The average molecular weight is 271 g/mol. The molecule has 0 aliphatic heterocycles. The number of hydrogen-bond donors (Lipinski definition) is 1. The van der Waals surface area contributed by atoms with Crippen molar-refractivity contribution in [3.8, 4) is 0 Å². The second-order valence-electron chi connectivity index (χ2n) is 3.58. The normalized spacial score (nSPS) is 10.3. The Morgan fingerprint density at radius 1 is 1.40 bits per heavy atom. The summed E-state index contributed by atoms with van der Waals surface area (Å²) in [6.45, 7) is 2.17. The fourth-order valence-electron chi connectivity index (χ4n) is 1.47. The highest BCUT2D eigenvalue weighted by Gasteiger charge is 2.07. The van der Waals surface area contributed by atoms with Crippen molar-refractivity contribution in [3.05, 3.63) is 33.8 Å². The third-order valence-corrected chi connectivity index (χ3v) is 2.99. The van der Waals surface area contributed by atoms with Crippen LogP contribution in [0.4, 0.5) is 0 Å². The topological polar surface area (TPSA) is 37.3 Å². The van der Waals surface area contributed by atoms with Gasteiger partial charge in [-0.05, 0) is 46.5 Å². The van der Waals surface area contributed by atoms with Gasteiger partial charge in [0, 0.05) is 4.47 Å². The first-order valence-electron chi connectivity index (χ1n) is 5.17. The minimum absolute atomic E-state index is 0.328. The summed E-state index contributed by atoms with van der Waals surface area (Å²) in [6.07, 6.45) is 4.61. The Hall–Kier alpha value is -0.830. The van der Waals surface area contributed by atoms with Gasteiger partial charge in [-0.2, -0.15) is 0 Å². The van der Waals surface area contributed by atoms with Crippen molar-refractivity contribution in [2.45, 2.75) is 32.6 Å². The Bertz CT molecular complexity index is 347. The highest BCUT2D eigenvalue weighted by molar-refractivity contribution is 9.10. The molecule has 1 rings (SSSR count). The van der Waals surface area contributed by atoms with Crippen LogP contribution in [0.5, 0.6) is 0 Å². The number of aromatic carboxylic acids is 1. The van der Waals surface area contributed by atoms with Gasteiger partial charge in [0.25, 0.3) is 0 Å². The van der Waals surface area contributed by atoms with Gasteiger partial charge < -0.3 is 5.11 Å². The number of halogens is 1. The molecule has 0 aromatic heterocycles. The molecular weight excluding hydrogens is 256 g/mol. The molecule has 0 aliphatic carbocycles. The van der Waals surface area contributed by atoms with E-state index < -0.39 is 5.97 Å². The Morgan fingerprint density at radius 3 is 2.67 bits per heavy atom. The molecule has 0 saturated heterocycles. The van der Waals surface area contributed by atoms with Crippen molar-refractivity contribution >= 4 is 21.9 Å². The lowest BCUT2D eigenvalue weighted by Crippen LogP contribution is -1.98. The number of hydrogen-bond acceptors (Lipinski definition) is 1. The first-order chi connectivity index (χ1) is 7.15. The van der Waals surface area contributed by atoms with Gasteiger partial charge in [0.15, 0.2) is 0 Å². The van der Waals surface area contributed by atoms with E-state index in [9.17, 15) is 4.79 Å². The Balaban J connectivity index is 2.69. The third-order valence-electron chi connectivity index (χ3n) is 2.33. The lowest BCUT2D eigenvalue weighted by Gasteiger charge is -2.03. The summed E-state index contributed by atoms with van der Waals surface area (Å²) >= 11 is 3.28. The first-order valence-corrected chi connectivity index (χ1v) is 5.96. The van der Waals surface area contributed by atoms with Crippen molar-refractivity contribution in [1.29, 1.82) is 0 Å². The van der Waals surface area contributed by atoms with Crippen molar-refractivity contribution < 1.29 is 9.90 Å². The number of benzene rings is 1. The SMILES string of the molecule is CCCCCc1ccc(C(=O)O)c(Br)c1. The summed E-state index contributed by atoms with van der Waals surface area (Å²) < 4.78 is 0.670. The van der Waals surface area contributed by atoms with Crippen molar-refractivity contribution in [1.82, 2.24) is 0 Å². The van der Waals surface area contributed by atoms with Crippen LogP contribution in [0.3, 0.4) is 0 Å². The van der Waals surface area contributed by atoms with Crippen LogP contribution in [0.1, 0.15) is 42.1 Å². The molecule has 2 nitrogen and oxygen atoms in total. The number of carboxylic acid groups (broad SMARTS) is 1. The quantitative estimate of drug-likeness (QED) is 0.825. The van der Waals surface area contributed by atoms with Gasteiger partial charge in [-0.25, -0.2) is 4.79 Å². The molecule has 0 saturated carbocycles. The van der Waals surface area contributed by atoms with Gasteiger partial charge in [0.2, 0.25) is 0 Å². The number of unbranched alkanes of at least 4 members (excludes halogenated alkanes) is 2. The van der Waals surface area contributed by atoms with E-state index in [4.69, 9.17) is 5.11 Å². The zero-order valence-electron chi connectivity index (χ0n) is 8.79. The molecule has 15 heavy (non-hydrogen) atoms. The molecule has 0 spiro atoms. The predicted octanol–water partition coefficient (Wildman–Crippen LogP) is 3.88. The molecule has 0 amide bonds. The maximum atomic E-state index is 10.8. The lowest BCUT2D eigenvalue weighted by molar-refractivity contribution is 0.0696. The van der Waals surface area contributed by atoms with Crippen LogP contribution in [-0.2, 0) is 6.42 Å². The van der Waals surface area contributed by atoms with E-state index in [2.05, 4.69) is 22.9 Å². The molecule has 1 aromatic carbocycles. The van der Waals surface area contributed by atoms with Gasteiger partial charge >= 0.3 is 5.97 Å². The fraction of sp³-hybridized carbons (Fsp3) is 0.417. The smallest absolute Gasteiger partial charge is 0.336 e. The maximum Gasteiger partial charge on any atom is 0.336 e. The molecule has 0 heterocycles. The molecular formula is C12H15BrO2. The zero-order chi connectivity index (χ0) is 11.3. The van der Waals surface area contributed by atoms with Crippen molar-refractivity contribution in [3.63, 3.8) is 0 Å². The minimum Gasteiger partial charge on any atom is -0.478 e. The van der Waals surface area contributed by atoms with Gasteiger partial charge in [0.05, 0.1) is 5.56 Å². The molecule has 82 valence electrons. The third kappa shape index (κ3) is 3.67. The van der Waals surface area contributed by atoms with Gasteiger partial charge in [0.1, 0.15) is 0 Å². The van der Waals surface area contributed by atoms with Crippen LogP contribution in [0.25, 0.3) is 0 Å². The van der Waals surface area contributed by atoms with Gasteiger partial charge in [-0.3, -0.25) is 0 Å². The van der Waals surface area contributed by atoms with E-state index in [1.54, 1.807) is 6.07 Å².